The number of amides is 2. The molecule has 0 radical (unpaired) electrons. The monoisotopic (exact) mass is 535 g/mol. The second-order valence-corrected chi connectivity index (χ2v) is 10.0. The first-order chi connectivity index (χ1) is 17.2. The molecule has 2 amide bonds. The molecule has 0 saturated carbocycles. The van der Waals surface area contributed by atoms with Gasteiger partial charge in [-0.2, -0.15) is 0 Å². The normalized spacial score (nSPS) is 11.2. The summed E-state index contributed by atoms with van der Waals surface area (Å²) >= 11 is 1.45. The van der Waals surface area contributed by atoms with Gasteiger partial charge in [0.05, 0.1) is 5.69 Å². The SMILES string of the molecule is CN(C(=O)CCCCCNS(N)(O)O)c1nc(-c2ccccc2)cs1.NC(=O)OCc1ccccc1. The van der Waals surface area contributed by atoms with Crippen LogP contribution in [0.3, 0.4) is 0 Å². The third-order valence-corrected chi connectivity index (χ3v) is 6.37. The predicted molar refractivity (Wildman–Crippen MR) is 145 cm³/mol. The lowest BCUT2D eigenvalue weighted by molar-refractivity contribution is -0.118. The van der Waals surface area contributed by atoms with Gasteiger partial charge in [0.1, 0.15) is 6.61 Å². The molecule has 196 valence electrons. The fourth-order valence-electron chi connectivity index (χ4n) is 2.96. The van der Waals surface area contributed by atoms with Gasteiger partial charge in [0.15, 0.2) is 5.13 Å². The molecule has 0 unspecified atom stereocenters. The van der Waals surface area contributed by atoms with Crippen molar-refractivity contribution in [1.82, 2.24) is 9.71 Å². The van der Waals surface area contributed by atoms with Crippen LogP contribution >= 0.6 is 22.3 Å². The Hall–Kier alpha value is -3.00. The highest BCUT2D eigenvalue weighted by Crippen LogP contribution is 2.27. The van der Waals surface area contributed by atoms with Crippen molar-refractivity contribution in [3.8, 4) is 11.3 Å². The van der Waals surface area contributed by atoms with Crippen molar-refractivity contribution in [1.29, 1.82) is 0 Å². The average Bonchev–Trinajstić information content (AvgIpc) is 3.35. The second kappa shape index (κ2) is 15.2. The van der Waals surface area contributed by atoms with Crippen molar-refractivity contribution in [2.24, 2.45) is 10.9 Å². The first-order valence-electron chi connectivity index (χ1n) is 11.2. The van der Waals surface area contributed by atoms with Crippen LogP contribution in [0.25, 0.3) is 11.3 Å². The van der Waals surface area contributed by atoms with E-state index in [0.717, 1.165) is 36.1 Å². The third kappa shape index (κ3) is 11.6. The summed E-state index contributed by atoms with van der Waals surface area (Å²) in [4.78, 5) is 28.6. The van der Waals surface area contributed by atoms with Crippen molar-refractivity contribution >= 4 is 39.4 Å². The molecule has 3 rings (SSSR count). The van der Waals surface area contributed by atoms with Crippen LogP contribution in [-0.4, -0.2) is 39.7 Å². The topological polar surface area (TPSA) is 164 Å². The zero-order chi connectivity index (χ0) is 26.4. The van der Waals surface area contributed by atoms with Gasteiger partial charge < -0.3 is 10.5 Å². The minimum Gasteiger partial charge on any atom is -0.445 e. The van der Waals surface area contributed by atoms with Crippen molar-refractivity contribution in [2.45, 2.75) is 32.3 Å². The third-order valence-electron chi connectivity index (χ3n) is 4.83. The molecule has 0 atom stereocenters. The Balaban J connectivity index is 0.000000346. The van der Waals surface area contributed by atoms with E-state index < -0.39 is 17.1 Å². The van der Waals surface area contributed by atoms with E-state index in [2.05, 4.69) is 14.4 Å². The van der Waals surface area contributed by atoms with Crippen LogP contribution in [0.4, 0.5) is 9.93 Å². The Morgan fingerprint density at radius 3 is 2.31 bits per heavy atom. The number of carbonyl (C=O) groups excluding carboxylic acids is 2. The molecule has 10 nitrogen and oxygen atoms in total. The Morgan fingerprint density at radius 2 is 1.69 bits per heavy atom. The number of hydrogen-bond acceptors (Lipinski definition) is 9. The zero-order valence-electron chi connectivity index (χ0n) is 20.1. The molecule has 0 spiro atoms. The molecule has 0 aliphatic carbocycles. The van der Waals surface area contributed by atoms with E-state index in [9.17, 15) is 9.59 Å². The lowest BCUT2D eigenvalue weighted by Crippen LogP contribution is -2.27. The standard InChI is InChI=1S/C16H24N4O3S2.C8H9NO2/c1-20(15(21)10-6-3-7-11-18-25(17,22)23)16-19-14(12-24-16)13-8-4-2-5-9-13;9-8(10)11-6-7-4-2-1-3-5-7/h2,4-5,8-9,12,18,22-23H,3,6-7,10-11,17H2,1H3;1-5H,6H2,(H2,9,10). The molecular weight excluding hydrogens is 502 g/mol. The molecule has 0 fully saturated rings. The van der Waals surface area contributed by atoms with E-state index in [0.29, 0.717) is 18.1 Å². The number of primary amides is 1. The van der Waals surface area contributed by atoms with Gasteiger partial charge in [-0.05, 0) is 18.4 Å². The summed E-state index contributed by atoms with van der Waals surface area (Å²) in [5, 5.41) is 7.70. The van der Waals surface area contributed by atoms with Gasteiger partial charge >= 0.3 is 6.09 Å². The predicted octanol–water partition coefficient (Wildman–Crippen LogP) is 4.74. The van der Waals surface area contributed by atoms with Crippen LogP contribution in [0.15, 0.2) is 66.0 Å². The van der Waals surface area contributed by atoms with Crippen molar-refractivity contribution in [3.63, 3.8) is 0 Å². The number of anilines is 1. The highest BCUT2D eigenvalue weighted by Gasteiger charge is 2.15. The Labute approximate surface area is 216 Å². The molecule has 1 aromatic heterocycles. The lowest BCUT2D eigenvalue weighted by atomic mass is 10.2. The van der Waals surface area contributed by atoms with E-state index in [-0.39, 0.29) is 12.5 Å². The largest absolute Gasteiger partial charge is 0.445 e. The summed E-state index contributed by atoms with van der Waals surface area (Å²) in [6.45, 7) is 0.659. The van der Waals surface area contributed by atoms with E-state index >= 15 is 0 Å². The quantitative estimate of drug-likeness (QED) is 0.220. The molecule has 2 aromatic carbocycles. The van der Waals surface area contributed by atoms with Crippen LogP contribution in [0.1, 0.15) is 31.2 Å². The van der Waals surface area contributed by atoms with Gasteiger partial charge in [-0.1, -0.05) is 78.0 Å². The highest BCUT2D eigenvalue weighted by atomic mass is 32.3. The summed E-state index contributed by atoms with van der Waals surface area (Å²) in [7, 11) is -1.39. The molecular formula is C24H33N5O5S2. The maximum absolute atomic E-state index is 12.3. The van der Waals surface area contributed by atoms with Gasteiger partial charge in [0.2, 0.25) is 5.91 Å². The number of nitrogens with two attached hydrogens (primary N) is 2. The molecule has 3 aromatic rings. The van der Waals surface area contributed by atoms with E-state index in [1.54, 1.807) is 11.9 Å². The number of nitrogens with zero attached hydrogens (tertiary/aromatic N) is 2. The molecule has 1 heterocycles. The van der Waals surface area contributed by atoms with E-state index in [4.69, 9.17) is 20.0 Å². The van der Waals surface area contributed by atoms with Crippen LogP contribution in [0.5, 0.6) is 0 Å². The van der Waals surface area contributed by atoms with Crippen LogP contribution in [0, 0.1) is 0 Å². The average molecular weight is 536 g/mol. The van der Waals surface area contributed by atoms with Crippen LogP contribution < -0.4 is 20.5 Å². The molecule has 7 N–H and O–H groups in total. The molecule has 36 heavy (non-hydrogen) atoms. The Bertz CT molecular complexity index is 1060. The van der Waals surface area contributed by atoms with Crippen LogP contribution in [0.2, 0.25) is 0 Å². The smallest absolute Gasteiger partial charge is 0.404 e. The van der Waals surface area contributed by atoms with Crippen LogP contribution in [-0.2, 0) is 16.1 Å². The van der Waals surface area contributed by atoms with Crippen molar-refractivity contribution in [3.05, 3.63) is 71.6 Å². The number of ether oxygens (including phenoxy) is 1. The van der Waals surface area contributed by atoms with Gasteiger partial charge in [0.25, 0.3) is 0 Å². The first kappa shape index (κ1) is 29.2. The molecule has 0 saturated heterocycles. The number of aromatic nitrogens is 1. The Kier molecular flexibility index (Phi) is 12.3. The molecule has 0 bridgehead atoms. The first-order valence-corrected chi connectivity index (χ1v) is 13.7. The molecule has 0 aliphatic rings. The summed E-state index contributed by atoms with van der Waals surface area (Å²) in [6.07, 6.45) is 1.93. The number of hydrogen-bond donors (Lipinski definition) is 5. The molecule has 0 aliphatic heterocycles. The fraction of sp³-hybridized carbons (Fsp3) is 0.292. The minimum atomic E-state index is -3.13. The summed E-state index contributed by atoms with van der Waals surface area (Å²) < 4.78 is 25.0. The zero-order valence-corrected chi connectivity index (χ0v) is 21.7. The van der Waals surface area contributed by atoms with Gasteiger partial charge in [-0.3, -0.25) is 18.8 Å². The maximum Gasteiger partial charge on any atom is 0.404 e. The van der Waals surface area contributed by atoms with Gasteiger partial charge in [-0.15, -0.1) is 11.3 Å². The van der Waals surface area contributed by atoms with E-state index in [1.165, 1.54) is 11.3 Å². The minimum absolute atomic E-state index is 0.0185. The Morgan fingerprint density at radius 1 is 1.06 bits per heavy atom. The van der Waals surface area contributed by atoms with Crippen molar-refractivity contribution < 1.29 is 23.4 Å². The number of carbonyl (C=O) groups is 2. The lowest BCUT2D eigenvalue weighted by Gasteiger charge is -2.26. The molecule has 12 heteroatoms. The number of benzene rings is 2. The summed E-state index contributed by atoms with van der Waals surface area (Å²) in [5.41, 5.74) is 7.61. The fourth-order valence-corrected chi connectivity index (χ4v) is 4.22. The maximum atomic E-state index is 12.3. The number of rotatable bonds is 11. The van der Waals surface area contributed by atoms with Gasteiger partial charge in [0, 0.05) is 31.0 Å². The highest BCUT2D eigenvalue weighted by molar-refractivity contribution is 8.20. The van der Waals surface area contributed by atoms with Crippen molar-refractivity contribution in [2.75, 3.05) is 18.5 Å². The number of nitrogens with one attached hydrogen (secondary N) is 1. The number of thiazole rings is 1. The van der Waals surface area contributed by atoms with E-state index in [1.807, 2.05) is 66.0 Å². The summed E-state index contributed by atoms with van der Waals surface area (Å²) in [6, 6.07) is 19.2. The number of unbranched alkanes of at least 4 members (excludes halogenated alkanes) is 2. The summed E-state index contributed by atoms with van der Waals surface area (Å²) in [5.74, 6) is 0.0185. The van der Waals surface area contributed by atoms with Gasteiger partial charge in [-0.25, -0.2) is 19.6 Å². The second-order valence-electron chi connectivity index (χ2n) is 7.73.